The molecule has 3 heterocycles. The monoisotopic (exact) mass is 518 g/mol. The van der Waals surface area contributed by atoms with Gasteiger partial charge in [-0.05, 0) is 78.9 Å². The molecule has 1 aliphatic rings. The first kappa shape index (κ1) is 25.0. The second-order valence-electron chi connectivity index (χ2n) is 9.41. The van der Waals surface area contributed by atoms with Crippen LogP contribution in [0.2, 0.25) is 5.02 Å². The Balaban J connectivity index is 1.25. The Morgan fingerprint density at radius 3 is 2.43 bits per heavy atom. The van der Waals surface area contributed by atoms with Crippen molar-refractivity contribution in [2.24, 2.45) is 5.92 Å². The van der Waals surface area contributed by atoms with E-state index in [1.54, 1.807) is 29.4 Å². The number of aromatic nitrogens is 2. The average Bonchev–Trinajstić information content (AvgIpc) is 3.27. The van der Waals surface area contributed by atoms with Crippen LogP contribution >= 0.6 is 11.6 Å². The lowest BCUT2D eigenvalue weighted by Crippen LogP contribution is -2.43. The van der Waals surface area contributed by atoms with Crippen molar-refractivity contribution in [2.45, 2.75) is 25.8 Å². The Kier molecular flexibility index (Phi) is 7.51. The summed E-state index contributed by atoms with van der Waals surface area (Å²) in [4.78, 5) is 32.1. The van der Waals surface area contributed by atoms with Crippen LogP contribution in [0.5, 0.6) is 0 Å². The van der Waals surface area contributed by atoms with Crippen LogP contribution in [0.25, 0.3) is 10.9 Å². The number of carbonyl (C=O) groups is 2. The predicted octanol–water partition coefficient (Wildman–Crippen LogP) is 5.09. The van der Waals surface area contributed by atoms with Crippen molar-refractivity contribution in [3.63, 3.8) is 0 Å². The molecule has 0 bridgehead atoms. The molecule has 0 spiro atoms. The van der Waals surface area contributed by atoms with E-state index in [-0.39, 0.29) is 23.5 Å². The highest BCUT2D eigenvalue weighted by Gasteiger charge is 2.29. The van der Waals surface area contributed by atoms with Crippen molar-refractivity contribution in [3.05, 3.63) is 101 Å². The summed E-state index contributed by atoms with van der Waals surface area (Å²) in [5.41, 5.74) is 3.42. The van der Waals surface area contributed by atoms with E-state index < -0.39 is 0 Å². The van der Waals surface area contributed by atoms with Crippen LogP contribution < -0.4 is 5.32 Å². The van der Waals surface area contributed by atoms with Crippen LogP contribution in [0.1, 0.15) is 34.5 Å². The fourth-order valence-electron chi connectivity index (χ4n) is 4.89. The minimum atomic E-state index is -0.342. The van der Waals surface area contributed by atoms with Crippen molar-refractivity contribution >= 4 is 34.3 Å². The summed E-state index contributed by atoms with van der Waals surface area (Å²) in [6.07, 6.45) is 5.46. The van der Waals surface area contributed by atoms with E-state index in [0.717, 1.165) is 23.1 Å². The van der Waals surface area contributed by atoms with E-state index in [1.165, 1.54) is 12.1 Å². The van der Waals surface area contributed by atoms with Crippen molar-refractivity contribution < 1.29 is 14.0 Å². The van der Waals surface area contributed by atoms with E-state index in [9.17, 15) is 14.0 Å². The number of rotatable bonds is 7. The normalized spacial score (nSPS) is 14.2. The van der Waals surface area contributed by atoms with Gasteiger partial charge in [-0.15, -0.1) is 0 Å². The summed E-state index contributed by atoms with van der Waals surface area (Å²) in [7, 11) is 0. The third kappa shape index (κ3) is 5.83. The van der Waals surface area contributed by atoms with Crippen LogP contribution in [-0.2, 0) is 17.8 Å². The Bertz CT molecular complexity index is 1400. The zero-order valence-corrected chi connectivity index (χ0v) is 21.1. The number of fused-ring (bicyclic) bond motifs is 1. The van der Waals surface area contributed by atoms with Gasteiger partial charge in [0.2, 0.25) is 5.91 Å². The van der Waals surface area contributed by atoms with E-state index in [0.29, 0.717) is 55.1 Å². The fourth-order valence-corrected chi connectivity index (χ4v) is 5.02. The van der Waals surface area contributed by atoms with Gasteiger partial charge in [0.25, 0.3) is 5.91 Å². The molecule has 0 atom stereocenters. The lowest BCUT2D eigenvalue weighted by atomic mass is 9.95. The molecular weight excluding hydrogens is 491 g/mol. The SMILES string of the molecule is O=C(NCCc1ccncc1)C1CCN(C(=O)c2cc3cc(F)ccc3n2Cc2ccc(Cl)cc2)CC1. The topological polar surface area (TPSA) is 67.2 Å². The van der Waals surface area contributed by atoms with Gasteiger partial charge in [-0.2, -0.15) is 0 Å². The molecule has 0 aliphatic carbocycles. The number of benzene rings is 2. The summed E-state index contributed by atoms with van der Waals surface area (Å²) in [6.45, 7) is 2.03. The van der Waals surface area contributed by atoms with Crippen LogP contribution in [0.4, 0.5) is 4.39 Å². The molecule has 0 saturated carbocycles. The van der Waals surface area contributed by atoms with E-state index in [1.807, 2.05) is 41.0 Å². The Morgan fingerprint density at radius 2 is 1.70 bits per heavy atom. The first-order valence-electron chi connectivity index (χ1n) is 12.5. The van der Waals surface area contributed by atoms with E-state index >= 15 is 0 Å². The van der Waals surface area contributed by atoms with Gasteiger partial charge in [0.1, 0.15) is 11.5 Å². The van der Waals surface area contributed by atoms with Crippen molar-refractivity contribution in [2.75, 3.05) is 19.6 Å². The molecular formula is C29H28ClFN4O2. The van der Waals surface area contributed by atoms with Crippen LogP contribution in [0, 0.1) is 11.7 Å². The molecule has 2 aromatic carbocycles. The highest BCUT2D eigenvalue weighted by Crippen LogP contribution is 2.26. The Hall–Kier alpha value is -3.71. The van der Waals surface area contributed by atoms with Gasteiger partial charge in [-0.25, -0.2) is 4.39 Å². The summed E-state index contributed by atoms with van der Waals surface area (Å²) in [5, 5.41) is 4.35. The average molecular weight is 519 g/mol. The first-order valence-corrected chi connectivity index (χ1v) is 12.8. The second-order valence-corrected chi connectivity index (χ2v) is 9.84. The van der Waals surface area contributed by atoms with Crippen LogP contribution in [-0.4, -0.2) is 45.9 Å². The molecule has 1 saturated heterocycles. The number of hydrogen-bond donors (Lipinski definition) is 1. The standard InChI is InChI=1S/C29H28ClFN4O2/c30-24-3-1-21(2-4-24)19-35-26-6-5-25(31)17-23(26)18-27(35)29(37)34-15-10-22(11-16-34)28(36)33-14-9-20-7-12-32-13-8-20/h1-8,12-13,17-18,22H,9-11,14-16,19H2,(H,33,36). The van der Waals surface area contributed by atoms with Crippen molar-refractivity contribution in [1.29, 1.82) is 0 Å². The summed E-state index contributed by atoms with van der Waals surface area (Å²) in [6, 6.07) is 17.7. The number of likely N-dealkylation sites (tertiary alicyclic amines) is 1. The molecule has 6 nitrogen and oxygen atoms in total. The minimum absolute atomic E-state index is 0.0356. The maximum absolute atomic E-state index is 13.9. The highest BCUT2D eigenvalue weighted by atomic mass is 35.5. The molecule has 5 rings (SSSR count). The minimum Gasteiger partial charge on any atom is -0.356 e. The highest BCUT2D eigenvalue weighted by molar-refractivity contribution is 6.30. The molecule has 1 aliphatic heterocycles. The molecule has 2 aromatic heterocycles. The number of amides is 2. The number of halogens is 2. The fraction of sp³-hybridized carbons (Fsp3) is 0.276. The van der Waals surface area contributed by atoms with Gasteiger partial charge in [0.05, 0.1) is 0 Å². The lowest BCUT2D eigenvalue weighted by molar-refractivity contribution is -0.126. The summed E-state index contributed by atoms with van der Waals surface area (Å²) < 4.78 is 15.9. The van der Waals surface area contributed by atoms with Gasteiger partial charge in [0.15, 0.2) is 0 Å². The third-order valence-electron chi connectivity index (χ3n) is 6.95. The lowest BCUT2D eigenvalue weighted by Gasteiger charge is -2.31. The number of nitrogens with zero attached hydrogens (tertiary/aromatic N) is 3. The number of nitrogens with one attached hydrogen (secondary N) is 1. The quantitative estimate of drug-likeness (QED) is 0.370. The van der Waals surface area contributed by atoms with Crippen LogP contribution in [0.15, 0.2) is 73.1 Å². The zero-order valence-electron chi connectivity index (χ0n) is 20.4. The number of piperidine rings is 1. The van der Waals surface area contributed by atoms with E-state index in [4.69, 9.17) is 11.6 Å². The molecule has 1 N–H and O–H groups in total. The number of carbonyl (C=O) groups excluding carboxylic acids is 2. The van der Waals surface area contributed by atoms with Gasteiger partial charge in [-0.1, -0.05) is 23.7 Å². The molecule has 4 aromatic rings. The number of hydrogen-bond acceptors (Lipinski definition) is 3. The van der Waals surface area contributed by atoms with Gasteiger partial charge in [0, 0.05) is 60.4 Å². The Morgan fingerprint density at radius 1 is 0.973 bits per heavy atom. The van der Waals surface area contributed by atoms with Crippen LogP contribution in [0.3, 0.4) is 0 Å². The molecule has 190 valence electrons. The maximum Gasteiger partial charge on any atom is 0.270 e. The van der Waals surface area contributed by atoms with E-state index in [2.05, 4.69) is 10.3 Å². The molecule has 37 heavy (non-hydrogen) atoms. The zero-order chi connectivity index (χ0) is 25.8. The van der Waals surface area contributed by atoms with Gasteiger partial charge in [-0.3, -0.25) is 14.6 Å². The van der Waals surface area contributed by atoms with Gasteiger partial charge < -0.3 is 14.8 Å². The maximum atomic E-state index is 13.9. The van der Waals surface area contributed by atoms with Crippen molar-refractivity contribution in [3.8, 4) is 0 Å². The summed E-state index contributed by atoms with van der Waals surface area (Å²) in [5.74, 6) is -0.531. The third-order valence-corrected chi connectivity index (χ3v) is 7.20. The predicted molar refractivity (Wildman–Crippen MR) is 142 cm³/mol. The summed E-state index contributed by atoms with van der Waals surface area (Å²) >= 11 is 6.04. The largest absolute Gasteiger partial charge is 0.356 e. The number of pyridine rings is 1. The van der Waals surface area contributed by atoms with Crippen molar-refractivity contribution in [1.82, 2.24) is 19.8 Å². The molecule has 2 amide bonds. The smallest absolute Gasteiger partial charge is 0.270 e. The molecule has 1 fully saturated rings. The second kappa shape index (κ2) is 11.1. The molecule has 0 radical (unpaired) electrons. The molecule has 8 heteroatoms. The molecule has 0 unspecified atom stereocenters. The first-order chi connectivity index (χ1) is 18.0. The Labute approximate surface area is 220 Å². The van der Waals surface area contributed by atoms with Gasteiger partial charge >= 0.3 is 0 Å².